The average molecular weight is 368 g/mol. The summed E-state index contributed by atoms with van der Waals surface area (Å²) in [6.45, 7) is 5.89. The van der Waals surface area contributed by atoms with E-state index in [0.717, 1.165) is 34.7 Å². The molecule has 0 aromatic heterocycles. The molecule has 0 aliphatic carbocycles. The molecule has 1 aliphatic rings. The molecule has 144 valence electrons. The molecule has 1 aliphatic heterocycles. The molecule has 1 saturated heterocycles. The number of benzene rings is 2. The Bertz CT molecular complexity index is 778. The monoisotopic (exact) mass is 368 g/mol. The Morgan fingerprint density at radius 1 is 1.19 bits per heavy atom. The molecule has 2 aromatic carbocycles. The van der Waals surface area contributed by atoms with Gasteiger partial charge in [0.15, 0.2) is 0 Å². The van der Waals surface area contributed by atoms with E-state index in [2.05, 4.69) is 4.90 Å². The van der Waals surface area contributed by atoms with Crippen molar-refractivity contribution in [2.75, 3.05) is 19.6 Å². The van der Waals surface area contributed by atoms with Gasteiger partial charge in [-0.3, -0.25) is 14.9 Å². The van der Waals surface area contributed by atoms with E-state index in [1.807, 2.05) is 62.4 Å². The van der Waals surface area contributed by atoms with Crippen molar-refractivity contribution in [3.63, 3.8) is 0 Å². The molecule has 3 rings (SSSR count). The first kappa shape index (κ1) is 19.5. The summed E-state index contributed by atoms with van der Waals surface area (Å²) in [6.07, 6.45) is 0.549. The van der Waals surface area contributed by atoms with Crippen LogP contribution in [0.4, 0.5) is 0 Å². The number of aliphatic hydroxyl groups excluding tert-OH is 1. The van der Waals surface area contributed by atoms with Crippen LogP contribution < -0.4 is 0 Å². The lowest BCUT2D eigenvalue weighted by Crippen LogP contribution is -2.40. The number of hydrogen-bond acceptors (Lipinski definition) is 4. The average Bonchev–Trinajstić information content (AvgIpc) is 3.08. The largest absolute Gasteiger partial charge is 0.392 e. The van der Waals surface area contributed by atoms with Gasteiger partial charge in [-0.05, 0) is 42.5 Å². The Morgan fingerprint density at radius 3 is 2.56 bits per heavy atom. The van der Waals surface area contributed by atoms with Crippen LogP contribution in [0.15, 0.2) is 48.5 Å². The van der Waals surface area contributed by atoms with Crippen LogP contribution in [0.5, 0.6) is 0 Å². The van der Waals surface area contributed by atoms with E-state index in [0.29, 0.717) is 13.1 Å². The predicted octanol–water partition coefficient (Wildman–Crippen LogP) is 2.87. The quantitative estimate of drug-likeness (QED) is 0.608. The van der Waals surface area contributed by atoms with E-state index in [4.69, 9.17) is 0 Å². The van der Waals surface area contributed by atoms with E-state index in [1.165, 1.54) is 5.56 Å². The van der Waals surface area contributed by atoms with Crippen LogP contribution in [-0.4, -0.2) is 51.9 Å². The van der Waals surface area contributed by atoms with Gasteiger partial charge in [0.25, 0.3) is 5.91 Å². The van der Waals surface area contributed by atoms with Crippen LogP contribution >= 0.6 is 0 Å². The Kier molecular flexibility index (Phi) is 6.26. The van der Waals surface area contributed by atoms with Gasteiger partial charge >= 0.3 is 0 Å². The number of amides is 1. The first-order valence-corrected chi connectivity index (χ1v) is 9.46. The lowest BCUT2D eigenvalue weighted by atomic mass is 10.0. The molecule has 2 unspecified atom stereocenters. The van der Waals surface area contributed by atoms with Gasteiger partial charge in [0.2, 0.25) is 0 Å². The summed E-state index contributed by atoms with van der Waals surface area (Å²) < 4.78 is 0. The molecular formula is C22H28N2O3. The second-order valence-corrected chi connectivity index (χ2v) is 7.46. The molecule has 0 spiro atoms. The maximum absolute atomic E-state index is 12.8. The fourth-order valence-electron chi connectivity index (χ4n) is 3.56. The van der Waals surface area contributed by atoms with Crippen LogP contribution in [0.2, 0.25) is 0 Å². The summed E-state index contributed by atoms with van der Waals surface area (Å²) in [6, 6.07) is 15.0. The molecule has 1 heterocycles. The smallest absolute Gasteiger partial charge is 0.250 e. The molecule has 1 amide bonds. The summed E-state index contributed by atoms with van der Waals surface area (Å²) in [7, 11) is 0. The summed E-state index contributed by atoms with van der Waals surface area (Å²) in [5, 5.41) is 21.4. The highest BCUT2D eigenvalue weighted by Crippen LogP contribution is 2.24. The van der Waals surface area contributed by atoms with Crippen LogP contribution in [0.3, 0.4) is 0 Å². The number of β-amino-alcohol motifs (C(OH)–C–C–N with tert-alkyl or cyclic N) is 1. The standard InChI is InChI=1S/C22H28N2O3/c1-16-8-9-18(12-17(16)2)13-22(26)24(27)21(19-6-4-3-5-7-19)15-23-11-10-20(25)14-23/h3-9,12,20-21,25,27H,10-11,13-15H2,1-2H3. The molecule has 2 aromatic rings. The Labute approximate surface area is 160 Å². The Morgan fingerprint density at radius 2 is 1.93 bits per heavy atom. The zero-order valence-corrected chi connectivity index (χ0v) is 16.0. The second kappa shape index (κ2) is 8.65. The van der Waals surface area contributed by atoms with E-state index >= 15 is 0 Å². The second-order valence-electron chi connectivity index (χ2n) is 7.46. The predicted molar refractivity (Wildman–Crippen MR) is 104 cm³/mol. The van der Waals surface area contributed by atoms with E-state index in [-0.39, 0.29) is 18.4 Å². The lowest BCUT2D eigenvalue weighted by Gasteiger charge is -2.30. The van der Waals surface area contributed by atoms with Gasteiger partial charge in [-0.15, -0.1) is 0 Å². The Hall–Kier alpha value is -2.21. The normalized spacial score (nSPS) is 18.4. The molecule has 5 nitrogen and oxygen atoms in total. The zero-order valence-electron chi connectivity index (χ0n) is 16.0. The number of aliphatic hydroxyl groups is 1. The highest BCUT2D eigenvalue weighted by Gasteiger charge is 2.29. The van der Waals surface area contributed by atoms with Crippen molar-refractivity contribution >= 4 is 5.91 Å². The zero-order chi connectivity index (χ0) is 19.4. The summed E-state index contributed by atoms with van der Waals surface area (Å²) >= 11 is 0. The van der Waals surface area contributed by atoms with Crippen LogP contribution in [0.1, 0.15) is 34.7 Å². The van der Waals surface area contributed by atoms with Crippen molar-refractivity contribution in [3.05, 3.63) is 70.8 Å². The summed E-state index contributed by atoms with van der Waals surface area (Å²) in [5.41, 5.74) is 4.10. The minimum Gasteiger partial charge on any atom is -0.392 e. The fraction of sp³-hybridized carbons (Fsp3) is 0.409. The number of likely N-dealkylation sites (tertiary alicyclic amines) is 1. The van der Waals surface area contributed by atoms with Crippen LogP contribution in [-0.2, 0) is 11.2 Å². The van der Waals surface area contributed by atoms with Gasteiger partial charge in [0.05, 0.1) is 18.6 Å². The third kappa shape index (κ3) is 4.95. The fourth-order valence-corrected chi connectivity index (χ4v) is 3.56. The van der Waals surface area contributed by atoms with Crippen molar-refractivity contribution in [2.24, 2.45) is 0 Å². The number of carbonyl (C=O) groups excluding carboxylic acids is 1. The highest BCUT2D eigenvalue weighted by atomic mass is 16.5. The first-order chi connectivity index (χ1) is 12.9. The minimum absolute atomic E-state index is 0.156. The van der Waals surface area contributed by atoms with Crippen molar-refractivity contribution in [3.8, 4) is 0 Å². The van der Waals surface area contributed by atoms with Crippen molar-refractivity contribution in [2.45, 2.75) is 38.8 Å². The maximum Gasteiger partial charge on any atom is 0.250 e. The molecule has 1 fully saturated rings. The molecule has 27 heavy (non-hydrogen) atoms. The SMILES string of the molecule is Cc1ccc(CC(=O)N(O)C(CN2CCC(O)C2)c2ccccc2)cc1C. The molecule has 2 atom stereocenters. The third-order valence-electron chi connectivity index (χ3n) is 5.34. The lowest BCUT2D eigenvalue weighted by molar-refractivity contribution is -0.177. The molecular weight excluding hydrogens is 340 g/mol. The highest BCUT2D eigenvalue weighted by molar-refractivity contribution is 5.78. The van der Waals surface area contributed by atoms with E-state index in [9.17, 15) is 15.1 Å². The Balaban J connectivity index is 1.75. The summed E-state index contributed by atoms with van der Waals surface area (Å²) in [5.74, 6) is -0.327. The summed E-state index contributed by atoms with van der Waals surface area (Å²) in [4.78, 5) is 14.9. The molecule has 0 bridgehead atoms. The molecule has 5 heteroatoms. The van der Waals surface area contributed by atoms with Crippen molar-refractivity contribution < 1.29 is 15.1 Å². The number of hydroxylamine groups is 2. The van der Waals surface area contributed by atoms with Crippen LogP contribution in [0, 0.1) is 13.8 Å². The minimum atomic E-state index is -0.462. The van der Waals surface area contributed by atoms with Gasteiger partial charge in [0, 0.05) is 19.6 Å². The van der Waals surface area contributed by atoms with Gasteiger partial charge < -0.3 is 5.11 Å². The maximum atomic E-state index is 12.8. The van der Waals surface area contributed by atoms with Gasteiger partial charge in [0.1, 0.15) is 0 Å². The molecule has 0 radical (unpaired) electrons. The molecule has 0 saturated carbocycles. The number of rotatable bonds is 6. The number of nitrogens with zero attached hydrogens (tertiary/aromatic N) is 2. The first-order valence-electron chi connectivity index (χ1n) is 9.46. The van der Waals surface area contributed by atoms with Crippen molar-refractivity contribution in [1.82, 2.24) is 9.96 Å². The van der Waals surface area contributed by atoms with E-state index in [1.54, 1.807) is 0 Å². The topological polar surface area (TPSA) is 64.0 Å². The third-order valence-corrected chi connectivity index (χ3v) is 5.34. The number of aryl methyl sites for hydroxylation is 2. The van der Waals surface area contributed by atoms with Crippen LogP contribution in [0.25, 0.3) is 0 Å². The van der Waals surface area contributed by atoms with Crippen molar-refractivity contribution in [1.29, 1.82) is 0 Å². The van der Waals surface area contributed by atoms with Gasteiger partial charge in [-0.25, -0.2) is 5.06 Å². The number of hydrogen-bond donors (Lipinski definition) is 2. The van der Waals surface area contributed by atoms with E-state index < -0.39 is 6.04 Å². The molecule has 2 N–H and O–H groups in total. The van der Waals surface area contributed by atoms with Gasteiger partial charge in [-0.1, -0.05) is 48.5 Å². The number of carbonyl (C=O) groups is 1. The van der Waals surface area contributed by atoms with Gasteiger partial charge in [-0.2, -0.15) is 0 Å².